The first kappa shape index (κ1) is 6.87. The van der Waals surface area contributed by atoms with Gasteiger partial charge in [-0.15, -0.1) is 4.99 Å². The summed E-state index contributed by atoms with van der Waals surface area (Å²) in [6.45, 7) is 5.61. The van der Waals surface area contributed by atoms with E-state index < -0.39 is 0 Å². The van der Waals surface area contributed by atoms with Crippen molar-refractivity contribution in [3.8, 4) is 6.19 Å². The Kier molecular flexibility index (Phi) is 2.11. The lowest BCUT2D eigenvalue weighted by Gasteiger charge is -2.11. The van der Waals surface area contributed by atoms with Gasteiger partial charge in [0, 0.05) is 13.1 Å². The van der Waals surface area contributed by atoms with Gasteiger partial charge >= 0.3 is 0 Å². The maximum absolute atomic E-state index is 8.22. The van der Waals surface area contributed by atoms with Crippen molar-refractivity contribution in [2.24, 2.45) is 4.99 Å². The Bertz CT molecular complexity index is 179. The van der Waals surface area contributed by atoms with Crippen LogP contribution in [0.25, 0.3) is 0 Å². The van der Waals surface area contributed by atoms with E-state index >= 15 is 0 Å². The summed E-state index contributed by atoms with van der Waals surface area (Å²) in [5.74, 6) is 0.657. The highest BCUT2D eigenvalue weighted by atomic mass is 15.3. The fourth-order valence-electron chi connectivity index (χ4n) is 0.865. The fraction of sp³-hybridized carbons (Fsp3) is 0.500. The van der Waals surface area contributed by atoms with E-state index in [0.29, 0.717) is 5.96 Å². The highest BCUT2D eigenvalue weighted by molar-refractivity contribution is 5.83. The zero-order chi connectivity index (χ0) is 7.40. The Balaban J connectivity index is 2.60. The smallest absolute Gasteiger partial charge is 0.210 e. The molecule has 0 unspecified atom stereocenters. The molecule has 1 aliphatic heterocycles. The monoisotopic (exact) mass is 137 g/mol. The highest BCUT2D eigenvalue weighted by Gasteiger charge is 2.15. The third-order valence-corrected chi connectivity index (χ3v) is 1.34. The van der Waals surface area contributed by atoms with Crippen molar-refractivity contribution in [1.82, 2.24) is 10.2 Å². The van der Waals surface area contributed by atoms with Gasteiger partial charge < -0.3 is 10.2 Å². The van der Waals surface area contributed by atoms with Gasteiger partial charge in [0.05, 0.1) is 6.54 Å². The Morgan fingerprint density at radius 1 is 2.00 bits per heavy atom. The molecule has 0 spiro atoms. The molecule has 0 bridgehead atoms. The minimum atomic E-state index is 0.657. The van der Waals surface area contributed by atoms with Gasteiger partial charge in [0.1, 0.15) is 0 Å². The third kappa shape index (κ3) is 1.18. The molecule has 1 N–H and O–H groups in total. The van der Waals surface area contributed by atoms with E-state index in [4.69, 9.17) is 5.26 Å². The van der Waals surface area contributed by atoms with Gasteiger partial charge in [-0.2, -0.15) is 5.26 Å². The molecule has 4 nitrogen and oxygen atoms in total. The van der Waals surface area contributed by atoms with E-state index in [9.17, 15) is 0 Å². The number of nitriles is 1. The molecule has 1 heterocycles. The van der Waals surface area contributed by atoms with E-state index in [0.717, 1.165) is 13.1 Å². The van der Waals surface area contributed by atoms with Gasteiger partial charge in [-0.25, -0.2) is 0 Å². The van der Waals surface area contributed by atoms with Crippen molar-refractivity contribution >= 4 is 5.96 Å². The summed E-state index contributed by atoms with van der Waals surface area (Å²) in [4.78, 5) is 5.49. The van der Waals surface area contributed by atoms with Gasteiger partial charge in [0.25, 0.3) is 0 Å². The van der Waals surface area contributed by atoms with Gasteiger partial charge in [-0.3, -0.25) is 0 Å². The minimum Gasteiger partial charge on any atom is -0.353 e. The molecule has 0 amide bonds. The van der Waals surface area contributed by atoms with Crippen molar-refractivity contribution in [3.63, 3.8) is 0 Å². The molecule has 1 fully saturated rings. The second kappa shape index (κ2) is 3.06. The molecule has 0 saturated carbocycles. The maximum atomic E-state index is 8.22. The standard InChI is InChI=1S/C6H9N4/c1-2-10-4-3-8-6(10)9-5-7/h4H,2-3H2,1H3,(H,8,9). The average Bonchev–Trinajstić information content (AvgIpc) is 2.36. The van der Waals surface area contributed by atoms with E-state index in [1.54, 1.807) is 6.19 Å². The summed E-state index contributed by atoms with van der Waals surface area (Å²) in [5.41, 5.74) is 0. The molecule has 1 rings (SSSR count). The lowest BCUT2D eigenvalue weighted by atomic mass is 10.6. The summed E-state index contributed by atoms with van der Waals surface area (Å²) >= 11 is 0. The summed E-state index contributed by atoms with van der Waals surface area (Å²) in [6.07, 6.45) is 1.74. The SMILES string of the molecule is CCN1[CH]CNC1=NC#N. The molecule has 1 radical (unpaired) electrons. The number of nitrogens with zero attached hydrogens (tertiary/aromatic N) is 3. The highest BCUT2D eigenvalue weighted by Crippen LogP contribution is 1.99. The molecular formula is C6H9N4. The van der Waals surface area contributed by atoms with Crippen LogP contribution < -0.4 is 5.32 Å². The normalized spacial score (nSPS) is 20.8. The molecule has 1 aliphatic rings. The second-order valence-corrected chi connectivity index (χ2v) is 1.88. The van der Waals surface area contributed by atoms with Crippen LogP contribution in [0.2, 0.25) is 0 Å². The van der Waals surface area contributed by atoms with Crippen molar-refractivity contribution in [3.05, 3.63) is 6.54 Å². The van der Waals surface area contributed by atoms with Gasteiger partial charge in [0.2, 0.25) is 12.2 Å². The van der Waals surface area contributed by atoms with Gasteiger partial charge in [-0.05, 0) is 6.92 Å². The Morgan fingerprint density at radius 2 is 2.80 bits per heavy atom. The lowest BCUT2D eigenvalue weighted by Crippen LogP contribution is -2.28. The number of likely N-dealkylation sites (N-methyl/N-ethyl adjacent to an activating group) is 1. The number of hydrogen-bond donors (Lipinski definition) is 1. The Morgan fingerprint density at radius 3 is 3.40 bits per heavy atom. The van der Waals surface area contributed by atoms with E-state index in [1.165, 1.54) is 0 Å². The molecule has 4 heteroatoms. The summed E-state index contributed by atoms with van der Waals surface area (Å²) in [6, 6.07) is 0. The third-order valence-electron chi connectivity index (χ3n) is 1.34. The first-order valence-electron chi connectivity index (χ1n) is 3.19. The molecule has 0 aromatic heterocycles. The molecule has 53 valence electrons. The van der Waals surface area contributed by atoms with Gasteiger partial charge in [-0.1, -0.05) is 0 Å². The summed E-state index contributed by atoms with van der Waals surface area (Å²) in [7, 11) is 0. The van der Waals surface area contributed by atoms with Crippen LogP contribution in [0, 0.1) is 18.0 Å². The average molecular weight is 137 g/mol. The van der Waals surface area contributed by atoms with Crippen LogP contribution in [-0.2, 0) is 0 Å². The first-order valence-corrected chi connectivity index (χ1v) is 3.19. The van der Waals surface area contributed by atoms with Crippen LogP contribution in [0.5, 0.6) is 0 Å². The van der Waals surface area contributed by atoms with Crippen LogP contribution in [-0.4, -0.2) is 23.9 Å². The number of aliphatic imine (C=N–C) groups is 1. The van der Waals surface area contributed by atoms with Crippen LogP contribution in [0.1, 0.15) is 6.92 Å². The predicted octanol–water partition coefficient (Wildman–Crippen LogP) is -0.0896. The quantitative estimate of drug-likeness (QED) is 0.514. The zero-order valence-corrected chi connectivity index (χ0v) is 5.83. The van der Waals surface area contributed by atoms with Crippen LogP contribution in [0.4, 0.5) is 0 Å². The Hall–Kier alpha value is -1.24. The summed E-state index contributed by atoms with van der Waals surface area (Å²) in [5, 5.41) is 11.2. The topological polar surface area (TPSA) is 51.4 Å². The van der Waals surface area contributed by atoms with E-state index in [-0.39, 0.29) is 0 Å². The largest absolute Gasteiger partial charge is 0.353 e. The fourth-order valence-corrected chi connectivity index (χ4v) is 0.865. The van der Waals surface area contributed by atoms with E-state index in [2.05, 4.69) is 10.3 Å². The summed E-state index contributed by atoms with van der Waals surface area (Å²) < 4.78 is 0. The second-order valence-electron chi connectivity index (χ2n) is 1.88. The number of hydrogen-bond acceptors (Lipinski definition) is 2. The molecule has 1 saturated heterocycles. The molecular weight excluding hydrogens is 128 g/mol. The number of nitrogens with one attached hydrogen (secondary N) is 1. The minimum absolute atomic E-state index is 0.657. The van der Waals surface area contributed by atoms with Crippen molar-refractivity contribution in [2.75, 3.05) is 13.1 Å². The van der Waals surface area contributed by atoms with Crippen LogP contribution >= 0.6 is 0 Å². The van der Waals surface area contributed by atoms with Crippen LogP contribution in [0.15, 0.2) is 4.99 Å². The maximum Gasteiger partial charge on any atom is 0.210 e. The van der Waals surface area contributed by atoms with Crippen molar-refractivity contribution in [2.45, 2.75) is 6.92 Å². The van der Waals surface area contributed by atoms with E-state index in [1.807, 2.05) is 18.4 Å². The molecule has 0 atom stereocenters. The Labute approximate surface area is 60.2 Å². The van der Waals surface area contributed by atoms with Crippen LogP contribution in [0.3, 0.4) is 0 Å². The number of rotatable bonds is 1. The lowest BCUT2D eigenvalue weighted by molar-refractivity contribution is 0.555. The first-order chi connectivity index (χ1) is 4.88. The molecule has 10 heavy (non-hydrogen) atoms. The van der Waals surface area contributed by atoms with Gasteiger partial charge in [0.15, 0.2) is 0 Å². The number of guanidine groups is 1. The molecule has 0 aromatic carbocycles. The molecule has 0 aromatic rings. The van der Waals surface area contributed by atoms with Crippen molar-refractivity contribution in [1.29, 1.82) is 5.26 Å². The van der Waals surface area contributed by atoms with Crippen molar-refractivity contribution < 1.29 is 0 Å². The molecule has 0 aliphatic carbocycles. The predicted molar refractivity (Wildman–Crippen MR) is 37.7 cm³/mol. The zero-order valence-electron chi connectivity index (χ0n) is 5.83.